The molecule has 2 rings (SSSR count). The number of hydrogen-bond acceptors (Lipinski definition) is 3. The van der Waals surface area contributed by atoms with Crippen LogP contribution in [0.2, 0.25) is 5.02 Å². The van der Waals surface area contributed by atoms with Gasteiger partial charge in [0.2, 0.25) is 10.0 Å². The predicted octanol–water partition coefficient (Wildman–Crippen LogP) is 4.25. The van der Waals surface area contributed by atoms with Crippen molar-refractivity contribution in [1.82, 2.24) is 5.32 Å². The fourth-order valence-corrected chi connectivity index (χ4v) is 3.45. The Hall–Kier alpha value is -2.05. The van der Waals surface area contributed by atoms with E-state index in [1.807, 2.05) is 30.3 Å². The molecule has 1 atom stereocenters. The second-order valence-corrected chi connectivity index (χ2v) is 9.38. The summed E-state index contributed by atoms with van der Waals surface area (Å²) in [5.41, 5.74) is 1.64. The second-order valence-electron chi connectivity index (χ2n) is 6.96. The molecule has 0 heterocycles. The van der Waals surface area contributed by atoms with Gasteiger partial charge in [-0.2, -0.15) is 0 Å². The molecule has 0 fully saturated rings. The molecule has 5 nitrogen and oxygen atoms in total. The zero-order valence-corrected chi connectivity index (χ0v) is 17.5. The van der Waals surface area contributed by atoms with E-state index in [9.17, 15) is 13.2 Å². The average Bonchev–Trinajstić information content (AvgIpc) is 2.60. The van der Waals surface area contributed by atoms with Gasteiger partial charge in [-0.3, -0.25) is 9.10 Å². The van der Waals surface area contributed by atoms with Gasteiger partial charge in [-0.1, -0.05) is 55.8 Å². The molecular weight excluding hydrogens is 384 g/mol. The lowest BCUT2D eigenvalue weighted by molar-refractivity contribution is 0.0932. The smallest absolute Gasteiger partial charge is 0.253 e. The van der Waals surface area contributed by atoms with Gasteiger partial charge < -0.3 is 5.32 Å². The summed E-state index contributed by atoms with van der Waals surface area (Å²) in [6.07, 6.45) is 1.88. The highest BCUT2D eigenvalue weighted by atomic mass is 35.5. The van der Waals surface area contributed by atoms with Crippen molar-refractivity contribution in [2.75, 3.05) is 17.6 Å². The van der Waals surface area contributed by atoms with E-state index in [1.165, 1.54) is 19.2 Å². The summed E-state index contributed by atoms with van der Waals surface area (Å²) in [7, 11) is -2.00. The summed E-state index contributed by atoms with van der Waals surface area (Å²) >= 11 is 6.22. The van der Waals surface area contributed by atoms with Gasteiger partial charge in [-0.05, 0) is 36.1 Å². The van der Waals surface area contributed by atoms with E-state index in [2.05, 4.69) is 19.2 Å². The maximum atomic E-state index is 12.9. The van der Waals surface area contributed by atoms with E-state index >= 15 is 0 Å². The molecule has 0 spiro atoms. The van der Waals surface area contributed by atoms with Crippen LogP contribution in [0.15, 0.2) is 48.5 Å². The molecule has 0 aliphatic heterocycles. The molecule has 146 valence electrons. The summed E-state index contributed by atoms with van der Waals surface area (Å²) < 4.78 is 24.7. The number of benzene rings is 2. The molecular formula is C20H25ClN2O3S. The molecule has 0 radical (unpaired) electrons. The minimum absolute atomic E-state index is 0.161. The van der Waals surface area contributed by atoms with E-state index in [4.69, 9.17) is 11.6 Å². The van der Waals surface area contributed by atoms with Gasteiger partial charge in [-0.25, -0.2) is 8.42 Å². The van der Waals surface area contributed by atoms with Crippen molar-refractivity contribution in [2.24, 2.45) is 5.92 Å². The molecule has 2 aromatic rings. The van der Waals surface area contributed by atoms with Crippen LogP contribution >= 0.6 is 11.6 Å². The number of nitrogens with zero attached hydrogens (tertiary/aromatic N) is 1. The van der Waals surface area contributed by atoms with E-state index in [0.29, 0.717) is 11.6 Å². The number of hydrogen-bond donors (Lipinski definition) is 1. The molecule has 0 bridgehead atoms. The van der Waals surface area contributed by atoms with E-state index in [1.54, 1.807) is 6.07 Å². The lowest BCUT2D eigenvalue weighted by Gasteiger charge is -2.22. The quantitative estimate of drug-likeness (QED) is 0.744. The Morgan fingerprint density at radius 2 is 1.78 bits per heavy atom. The molecule has 2 aromatic carbocycles. The predicted molar refractivity (Wildman–Crippen MR) is 111 cm³/mol. The van der Waals surface area contributed by atoms with Gasteiger partial charge in [0.25, 0.3) is 5.91 Å². The number of rotatable bonds is 7. The van der Waals surface area contributed by atoms with Crippen LogP contribution in [0.5, 0.6) is 0 Å². The second kappa shape index (κ2) is 8.76. The van der Waals surface area contributed by atoms with Crippen LogP contribution in [-0.2, 0) is 10.0 Å². The Morgan fingerprint density at radius 3 is 2.33 bits per heavy atom. The molecule has 0 saturated heterocycles. The Balaban J connectivity index is 2.32. The van der Waals surface area contributed by atoms with Gasteiger partial charge in [0.05, 0.1) is 28.6 Å². The van der Waals surface area contributed by atoms with Crippen molar-refractivity contribution < 1.29 is 13.2 Å². The van der Waals surface area contributed by atoms with Crippen molar-refractivity contribution in [3.63, 3.8) is 0 Å². The molecule has 0 unspecified atom stereocenters. The number of halogens is 1. The van der Waals surface area contributed by atoms with Crippen LogP contribution in [0.3, 0.4) is 0 Å². The maximum Gasteiger partial charge on any atom is 0.253 e. The van der Waals surface area contributed by atoms with Crippen LogP contribution in [0, 0.1) is 5.92 Å². The summed E-state index contributed by atoms with van der Waals surface area (Å²) in [5, 5.41) is 3.31. The number of carbonyl (C=O) groups is 1. The van der Waals surface area contributed by atoms with E-state index < -0.39 is 10.0 Å². The third-order valence-corrected chi connectivity index (χ3v) is 5.81. The van der Waals surface area contributed by atoms with Crippen molar-refractivity contribution in [2.45, 2.75) is 26.3 Å². The summed E-state index contributed by atoms with van der Waals surface area (Å²) in [4.78, 5) is 12.9. The Morgan fingerprint density at radius 1 is 1.15 bits per heavy atom. The standard InChI is InChI=1S/C20H25ClN2O3S/c1-14(2)12-19(15-8-6-5-7-9-15)22-20(24)17-13-16(10-11-18(17)21)23(3)27(4,25)26/h5-11,13-14,19H,12H2,1-4H3,(H,22,24)/t19-/m0/s1. The monoisotopic (exact) mass is 408 g/mol. The van der Waals surface area contributed by atoms with Crippen LogP contribution in [0.25, 0.3) is 0 Å². The van der Waals surface area contributed by atoms with Crippen LogP contribution in [-0.4, -0.2) is 27.6 Å². The Kier molecular flexibility index (Phi) is 6.89. The minimum atomic E-state index is -3.43. The fraction of sp³-hybridized carbons (Fsp3) is 0.350. The number of anilines is 1. The summed E-state index contributed by atoms with van der Waals surface area (Å²) in [5.74, 6) is 0.0481. The van der Waals surface area contributed by atoms with Crippen LogP contribution in [0.4, 0.5) is 5.69 Å². The molecule has 7 heteroatoms. The summed E-state index contributed by atoms with van der Waals surface area (Å²) in [6.45, 7) is 4.19. The highest BCUT2D eigenvalue weighted by Crippen LogP contribution is 2.26. The Bertz CT molecular complexity index is 899. The molecule has 0 saturated carbocycles. The van der Waals surface area contributed by atoms with Crippen LogP contribution < -0.4 is 9.62 Å². The van der Waals surface area contributed by atoms with Crippen molar-refractivity contribution in [3.8, 4) is 0 Å². The first kappa shape index (κ1) is 21.3. The molecule has 0 aliphatic carbocycles. The normalized spacial score (nSPS) is 12.7. The number of carbonyl (C=O) groups excluding carboxylic acids is 1. The zero-order chi connectivity index (χ0) is 20.2. The highest BCUT2D eigenvalue weighted by molar-refractivity contribution is 7.92. The number of amides is 1. The zero-order valence-electron chi connectivity index (χ0n) is 15.9. The third-order valence-electron chi connectivity index (χ3n) is 4.27. The maximum absolute atomic E-state index is 12.9. The van der Waals surface area contributed by atoms with Gasteiger partial charge in [0, 0.05) is 7.05 Å². The van der Waals surface area contributed by atoms with E-state index in [0.717, 1.165) is 22.5 Å². The average molecular weight is 409 g/mol. The first-order valence-electron chi connectivity index (χ1n) is 8.69. The number of nitrogens with one attached hydrogen (secondary N) is 1. The third kappa shape index (κ3) is 5.71. The van der Waals surface area contributed by atoms with Gasteiger partial charge >= 0.3 is 0 Å². The van der Waals surface area contributed by atoms with E-state index in [-0.39, 0.29) is 22.5 Å². The van der Waals surface area contributed by atoms with Crippen molar-refractivity contribution in [3.05, 3.63) is 64.7 Å². The lowest BCUT2D eigenvalue weighted by atomic mass is 9.96. The Labute approximate surface area is 166 Å². The number of sulfonamides is 1. The SMILES string of the molecule is CC(C)C[C@H](NC(=O)c1cc(N(C)S(C)(=O)=O)ccc1Cl)c1ccccc1. The summed E-state index contributed by atoms with van der Waals surface area (Å²) in [6, 6.07) is 14.2. The molecule has 1 N–H and O–H groups in total. The molecule has 0 aliphatic rings. The minimum Gasteiger partial charge on any atom is -0.345 e. The van der Waals surface area contributed by atoms with Gasteiger partial charge in [-0.15, -0.1) is 0 Å². The van der Waals surface area contributed by atoms with Gasteiger partial charge in [0.1, 0.15) is 0 Å². The van der Waals surface area contributed by atoms with Gasteiger partial charge in [0.15, 0.2) is 0 Å². The molecule has 1 amide bonds. The lowest BCUT2D eigenvalue weighted by Crippen LogP contribution is -2.30. The molecule has 0 aromatic heterocycles. The molecule has 27 heavy (non-hydrogen) atoms. The largest absolute Gasteiger partial charge is 0.345 e. The van der Waals surface area contributed by atoms with Crippen molar-refractivity contribution >= 4 is 33.2 Å². The van der Waals surface area contributed by atoms with Crippen molar-refractivity contribution in [1.29, 1.82) is 0 Å². The first-order valence-corrected chi connectivity index (χ1v) is 10.9. The first-order chi connectivity index (χ1) is 12.6. The topological polar surface area (TPSA) is 66.5 Å². The highest BCUT2D eigenvalue weighted by Gasteiger charge is 2.21. The fourth-order valence-electron chi connectivity index (χ4n) is 2.75. The van der Waals surface area contributed by atoms with Crippen LogP contribution in [0.1, 0.15) is 42.2 Å².